The van der Waals surface area contributed by atoms with Crippen LogP contribution in [0.4, 0.5) is 8.78 Å². The van der Waals surface area contributed by atoms with Gasteiger partial charge >= 0.3 is 0 Å². The van der Waals surface area contributed by atoms with Crippen LogP contribution in [-0.4, -0.2) is 79.4 Å². The highest BCUT2D eigenvalue weighted by Gasteiger charge is 2.46. The first-order valence-corrected chi connectivity index (χ1v) is 5.53. The molecule has 0 aromatic carbocycles. The minimum atomic E-state index is -2.65. The van der Waals surface area contributed by atoms with Crippen LogP contribution in [0.2, 0.25) is 0 Å². The lowest BCUT2D eigenvalue weighted by Gasteiger charge is -2.40. The van der Waals surface area contributed by atoms with E-state index in [9.17, 15) is 13.6 Å². The van der Waals surface area contributed by atoms with Crippen molar-refractivity contribution in [2.75, 3.05) is 52.9 Å². The quantitative estimate of drug-likeness (QED) is 0.656. The zero-order chi connectivity index (χ0) is 11.8. The van der Waals surface area contributed by atoms with E-state index in [0.29, 0.717) is 0 Å². The van der Waals surface area contributed by atoms with E-state index in [1.807, 2.05) is 11.9 Å². The summed E-state index contributed by atoms with van der Waals surface area (Å²) in [5.41, 5.74) is 0. The number of piperazine rings is 1. The summed E-state index contributed by atoms with van der Waals surface area (Å²) in [5, 5.41) is 0. The Morgan fingerprint density at radius 2 is 1.75 bits per heavy atom. The summed E-state index contributed by atoms with van der Waals surface area (Å²) in [6.45, 7) is 3.02. The first-order valence-electron chi connectivity index (χ1n) is 5.53. The van der Waals surface area contributed by atoms with E-state index in [0.717, 1.165) is 26.2 Å². The van der Waals surface area contributed by atoms with E-state index in [2.05, 4.69) is 4.90 Å². The minimum Gasteiger partial charge on any atom is -0.329 e. The van der Waals surface area contributed by atoms with Gasteiger partial charge in [0.05, 0.1) is 19.6 Å². The molecule has 2 aliphatic heterocycles. The Labute approximate surface area is 93.8 Å². The molecular weight excluding hydrogens is 216 g/mol. The topological polar surface area (TPSA) is 26.8 Å². The summed E-state index contributed by atoms with van der Waals surface area (Å²) in [7, 11) is 2.04. The summed E-state index contributed by atoms with van der Waals surface area (Å²) in [5.74, 6) is -2.83. The number of rotatable bonds is 2. The molecule has 2 aliphatic rings. The number of likely N-dealkylation sites (N-methyl/N-ethyl adjacent to an activating group) is 1. The van der Waals surface area contributed by atoms with Gasteiger partial charge in [-0.25, -0.2) is 8.78 Å². The third kappa shape index (κ3) is 2.68. The van der Waals surface area contributed by atoms with E-state index in [1.54, 1.807) is 0 Å². The number of nitrogens with zero attached hydrogens (tertiary/aromatic N) is 3. The van der Waals surface area contributed by atoms with Crippen LogP contribution in [0.15, 0.2) is 0 Å². The Hall–Kier alpha value is -0.750. The summed E-state index contributed by atoms with van der Waals surface area (Å²) in [4.78, 5) is 17.1. The van der Waals surface area contributed by atoms with Crippen LogP contribution in [0.25, 0.3) is 0 Å². The maximum Gasteiger partial charge on any atom is 0.282 e. The van der Waals surface area contributed by atoms with Crippen LogP contribution in [0.5, 0.6) is 0 Å². The molecule has 2 fully saturated rings. The molecule has 16 heavy (non-hydrogen) atoms. The monoisotopic (exact) mass is 233 g/mol. The van der Waals surface area contributed by atoms with Gasteiger partial charge in [-0.1, -0.05) is 0 Å². The van der Waals surface area contributed by atoms with E-state index >= 15 is 0 Å². The fourth-order valence-electron chi connectivity index (χ4n) is 1.99. The van der Waals surface area contributed by atoms with Crippen LogP contribution >= 0.6 is 0 Å². The van der Waals surface area contributed by atoms with Crippen molar-refractivity contribution in [1.82, 2.24) is 14.7 Å². The SMILES string of the molecule is CN1CCN(CC(=O)N2CC(F)(F)C2)CC1. The number of amides is 1. The summed E-state index contributed by atoms with van der Waals surface area (Å²) in [6, 6.07) is 0. The Kier molecular flexibility index (Phi) is 3.12. The minimum absolute atomic E-state index is 0.171. The van der Waals surface area contributed by atoms with Gasteiger partial charge in [0, 0.05) is 26.2 Å². The van der Waals surface area contributed by atoms with Crippen molar-refractivity contribution < 1.29 is 13.6 Å². The summed E-state index contributed by atoms with van der Waals surface area (Å²) < 4.78 is 25.1. The van der Waals surface area contributed by atoms with Crippen molar-refractivity contribution in [2.45, 2.75) is 5.92 Å². The fourth-order valence-corrected chi connectivity index (χ4v) is 1.99. The molecule has 2 saturated heterocycles. The van der Waals surface area contributed by atoms with E-state index in [1.165, 1.54) is 4.90 Å². The van der Waals surface area contributed by atoms with Gasteiger partial charge in [-0.2, -0.15) is 0 Å². The Bertz CT molecular complexity index is 269. The lowest BCUT2D eigenvalue weighted by atomic mass is 10.1. The van der Waals surface area contributed by atoms with Gasteiger partial charge in [-0.05, 0) is 7.05 Å². The lowest BCUT2D eigenvalue weighted by molar-refractivity contribution is -0.166. The summed E-state index contributed by atoms with van der Waals surface area (Å²) >= 11 is 0. The second-order valence-corrected chi connectivity index (χ2v) is 4.69. The first-order chi connectivity index (χ1) is 7.46. The van der Waals surface area contributed by atoms with Crippen molar-refractivity contribution in [3.63, 3.8) is 0 Å². The van der Waals surface area contributed by atoms with Gasteiger partial charge in [0.1, 0.15) is 0 Å². The van der Waals surface area contributed by atoms with Crippen LogP contribution in [-0.2, 0) is 4.79 Å². The largest absolute Gasteiger partial charge is 0.329 e. The first kappa shape index (κ1) is 11.7. The third-order valence-electron chi connectivity index (χ3n) is 3.15. The molecule has 0 saturated carbocycles. The molecule has 6 heteroatoms. The normalized spacial score (nSPS) is 26.6. The van der Waals surface area contributed by atoms with Crippen LogP contribution in [0.1, 0.15) is 0 Å². The smallest absolute Gasteiger partial charge is 0.282 e. The number of carbonyl (C=O) groups is 1. The summed E-state index contributed by atoms with van der Waals surface area (Å²) in [6.07, 6.45) is 0. The second kappa shape index (κ2) is 4.25. The number of carbonyl (C=O) groups excluding carboxylic acids is 1. The molecule has 2 heterocycles. The molecule has 0 bridgehead atoms. The predicted octanol–water partition coefficient (Wildman–Crippen LogP) is -0.289. The van der Waals surface area contributed by atoms with Gasteiger partial charge in [-0.3, -0.25) is 9.69 Å². The average Bonchev–Trinajstić information content (AvgIpc) is 2.18. The number of likely N-dealkylation sites (tertiary alicyclic amines) is 1. The van der Waals surface area contributed by atoms with Crippen LogP contribution in [0, 0.1) is 0 Å². The van der Waals surface area contributed by atoms with Gasteiger partial charge in [0.15, 0.2) is 0 Å². The molecule has 2 rings (SSSR count). The number of hydrogen-bond donors (Lipinski definition) is 0. The van der Waals surface area contributed by atoms with Crippen LogP contribution < -0.4 is 0 Å². The van der Waals surface area contributed by atoms with Crippen LogP contribution in [0.3, 0.4) is 0 Å². The molecule has 0 aromatic heterocycles. The standard InChI is InChI=1S/C10H17F2N3O/c1-13-2-4-14(5-3-13)6-9(16)15-7-10(11,12)8-15/h2-8H2,1H3. The molecule has 0 radical (unpaired) electrons. The highest BCUT2D eigenvalue weighted by atomic mass is 19.3. The maximum atomic E-state index is 12.6. The van der Waals surface area contributed by atoms with E-state index < -0.39 is 19.0 Å². The molecule has 0 aliphatic carbocycles. The Morgan fingerprint density at radius 1 is 1.19 bits per heavy atom. The molecule has 92 valence electrons. The molecule has 0 atom stereocenters. The molecule has 1 amide bonds. The molecule has 0 unspecified atom stereocenters. The number of halogens is 2. The third-order valence-corrected chi connectivity index (χ3v) is 3.15. The molecule has 0 aromatic rings. The average molecular weight is 233 g/mol. The Morgan fingerprint density at radius 3 is 2.25 bits per heavy atom. The van der Waals surface area contributed by atoms with Crippen molar-refractivity contribution in [1.29, 1.82) is 0 Å². The Balaban J connectivity index is 1.72. The lowest BCUT2D eigenvalue weighted by Crippen LogP contribution is -2.60. The molecule has 0 spiro atoms. The van der Waals surface area contributed by atoms with E-state index in [4.69, 9.17) is 0 Å². The predicted molar refractivity (Wildman–Crippen MR) is 55.5 cm³/mol. The van der Waals surface area contributed by atoms with Crippen molar-refractivity contribution in [3.8, 4) is 0 Å². The molecule has 4 nitrogen and oxygen atoms in total. The molecule has 0 N–H and O–H groups in total. The zero-order valence-electron chi connectivity index (χ0n) is 9.46. The number of hydrogen-bond acceptors (Lipinski definition) is 3. The number of alkyl halides is 2. The van der Waals surface area contributed by atoms with Gasteiger partial charge in [-0.15, -0.1) is 0 Å². The maximum absolute atomic E-state index is 12.6. The van der Waals surface area contributed by atoms with Gasteiger partial charge < -0.3 is 9.80 Å². The van der Waals surface area contributed by atoms with Crippen molar-refractivity contribution in [2.24, 2.45) is 0 Å². The zero-order valence-corrected chi connectivity index (χ0v) is 9.46. The van der Waals surface area contributed by atoms with Crippen molar-refractivity contribution in [3.05, 3.63) is 0 Å². The molecular formula is C10H17F2N3O. The van der Waals surface area contributed by atoms with Gasteiger partial charge in [0.2, 0.25) is 5.91 Å². The van der Waals surface area contributed by atoms with Crippen molar-refractivity contribution >= 4 is 5.91 Å². The highest BCUT2D eigenvalue weighted by Crippen LogP contribution is 2.26. The second-order valence-electron chi connectivity index (χ2n) is 4.69. The fraction of sp³-hybridized carbons (Fsp3) is 0.900. The highest BCUT2D eigenvalue weighted by molar-refractivity contribution is 5.79. The van der Waals surface area contributed by atoms with E-state index in [-0.39, 0.29) is 12.5 Å². The van der Waals surface area contributed by atoms with Gasteiger partial charge in [0.25, 0.3) is 5.92 Å².